The van der Waals surface area contributed by atoms with E-state index in [1.54, 1.807) is 31.4 Å². The molecule has 2 aromatic carbocycles. The van der Waals surface area contributed by atoms with Crippen molar-refractivity contribution in [2.24, 2.45) is 5.92 Å². The number of nitrogens with one attached hydrogen (secondary N) is 1. The number of piperidine rings is 1. The van der Waals surface area contributed by atoms with Crippen molar-refractivity contribution in [3.8, 4) is 5.75 Å². The molecule has 1 unspecified atom stereocenters. The van der Waals surface area contributed by atoms with Crippen molar-refractivity contribution in [3.05, 3.63) is 60.2 Å². The summed E-state index contributed by atoms with van der Waals surface area (Å²) in [5.41, 5.74) is 1.14. The van der Waals surface area contributed by atoms with Crippen LogP contribution >= 0.6 is 0 Å². The number of hydrogen-bond acceptors (Lipinski definition) is 4. The third kappa shape index (κ3) is 5.09. The molecular formula is C21H28N2O3S. The van der Waals surface area contributed by atoms with Gasteiger partial charge in [0.05, 0.1) is 12.0 Å². The predicted octanol–water partition coefficient (Wildman–Crippen LogP) is 3.45. The van der Waals surface area contributed by atoms with Crippen LogP contribution < -0.4 is 9.46 Å². The molecule has 146 valence electrons. The molecule has 2 aromatic rings. The molecule has 1 aliphatic heterocycles. The lowest BCUT2D eigenvalue weighted by molar-refractivity contribution is 0.139. The van der Waals surface area contributed by atoms with Gasteiger partial charge in [0.25, 0.3) is 0 Å². The highest BCUT2D eigenvalue weighted by Gasteiger charge is 2.26. The third-order valence-electron chi connectivity index (χ3n) is 5.28. The largest absolute Gasteiger partial charge is 0.497 e. The van der Waals surface area contributed by atoms with Crippen molar-refractivity contribution >= 4 is 10.0 Å². The van der Waals surface area contributed by atoms with Crippen molar-refractivity contribution < 1.29 is 13.2 Å². The molecule has 0 bridgehead atoms. The van der Waals surface area contributed by atoms with Crippen LogP contribution in [0.2, 0.25) is 0 Å². The van der Waals surface area contributed by atoms with E-state index >= 15 is 0 Å². The molecule has 1 heterocycles. The first-order chi connectivity index (χ1) is 13.0. The molecule has 3 rings (SSSR count). The third-order valence-corrected chi connectivity index (χ3v) is 6.72. The van der Waals surface area contributed by atoms with E-state index < -0.39 is 10.0 Å². The molecule has 1 fully saturated rings. The van der Waals surface area contributed by atoms with Crippen molar-refractivity contribution in [1.82, 2.24) is 9.62 Å². The Morgan fingerprint density at radius 2 is 1.70 bits per heavy atom. The topological polar surface area (TPSA) is 58.6 Å². The number of hydrogen-bond donors (Lipinski definition) is 1. The molecule has 0 radical (unpaired) electrons. The lowest BCUT2D eigenvalue weighted by atomic mass is 9.96. The SMILES string of the molecule is COc1ccc(S(=O)(=O)NCC(c2ccccc2)N2CCC(C)CC2)cc1. The first-order valence-corrected chi connectivity index (χ1v) is 10.9. The number of rotatable bonds is 7. The highest BCUT2D eigenvalue weighted by atomic mass is 32.2. The number of benzene rings is 2. The van der Waals surface area contributed by atoms with Gasteiger partial charge in [0.2, 0.25) is 10.0 Å². The molecular weight excluding hydrogens is 360 g/mol. The van der Waals surface area contributed by atoms with Gasteiger partial charge < -0.3 is 4.74 Å². The van der Waals surface area contributed by atoms with E-state index in [1.165, 1.54) is 0 Å². The zero-order valence-corrected chi connectivity index (χ0v) is 16.8. The van der Waals surface area contributed by atoms with Gasteiger partial charge in [-0.05, 0) is 61.7 Å². The zero-order chi connectivity index (χ0) is 19.3. The maximum atomic E-state index is 12.7. The number of nitrogens with zero attached hydrogens (tertiary/aromatic N) is 1. The van der Waals surface area contributed by atoms with E-state index in [1.807, 2.05) is 18.2 Å². The van der Waals surface area contributed by atoms with Gasteiger partial charge in [0.1, 0.15) is 5.75 Å². The average molecular weight is 389 g/mol. The zero-order valence-electron chi connectivity index (χ0n) is 16.0. The Bertz CT molecular complexity index is 814. The smallest absolute Gasteiger partial charge is 0.240 e. The molecule has 5 nitrogen and oxygen atoms in total. The fourth-order valence-corrected chi connectivity index (χ4v) is 4.54. The van der Waals surface area contributed by atoms with E-state index in [-0.39, 0.29) is 10.9 Å². The van der Waals surface area contributed by atoms with Gasteiger partial charge in [-0.1, -0.05) is 37.3 Å². The molecule has 1 N–H and O–H groups in total. The first-order valence-electron chi connectivity index (χ1n) is 9.42. The van der Waals surface area contributed by atoms with Crippen LogP contribution in [0, 0.1) is 5.92 Å². The Kier molecular flexibility index (Phi) is 6.52. The summed E-state index contributed by atoms with van der Waals surface area (Å²) >= 11 is 0. The van der Waals surface area contributed by atoms with Crippen LogP contribution in [0.4, 0.5) is 0 Å². The quantitative estimate of drug-likeness (QED) is 0.789. The molecule has 0 spiro atoms. The lowest BCUT2D eigenvalue weighted by Crippen LogP contribution is -2.41. The second-order valence-corrected chi connectivity index (χ2v) is 8.94. The van der Waals surface area contributed by atoms with Gasteiger partial charge in [-0.15, -0.1) is 0 Å². The van der Waals surface area contributed by atoms with Crippen LogP contribution in [-0.2, 0) is 10.0 Å². The van der Waals surface area contributed by atoms with Gasteiger partial charge in [0, 0.05) is 12.6 Å². The van der Waals surface area contributed by atoms with Crippen LogP contribution in [-0.4, -0.2) is 40.1 Å². The Hall–Kier alpha value is -1.89. The lowest BCUT2D eigenvalue weighted by Gasteiger charge is -2.37. The summed E-state index contributed by atoms with van der Waals surface area (Å²) in [4.78, 5) is 2.65. The summed E-state index contributed by atoms with van der Waals surface area (Å²) in [5, 5.41) is 0. The average Bonchev–Trinajstić information content (AvgIpc) is 2.70. The monoisotopic (exact) mass is 388 g/mol. The maximum Gasteiger partial charge on any atom is 0.240 e. The van der Waals surface area contributed by atoms with Crippen LogP contribution in [0.5, 0.6) is 5.75 Å². The summed E-state index contributed by atoms with van der Waals surface area (Å²) < 4.78 is 33.4. The number of methoxy groups -OCH3 is 1. The highest BCUT2D eigenvalue weighted by Crippen LogP contribution is 2.27. The minimum Gasteiger partial charge on any atom is -0.497 e. The van der Waals surface area contributed by atoms with Gasteiger partial charge in [-0.3, -0.25) is 4.90 Å². The molecule has 6 heteroatoms. The Morgan fingerprint density at radius 3 is 2.30 bits per heavy atom. The summed E-state index contributed by atoms with van der Waals surface area (Å²) in [6, 6.07) is 16.6. The molecule has 0 aromatic heterocycles. The van der Waals surface area contributed by atoms with E-state index in [0.29, 0.717) is 12.3 Å². The van der Waals surface area contributed by atoms with Gasteiger partial charge in [0.15, 0.2) is 0 Å². The summed E-state index contributed by atoms with van der Waals surface area (Å²) in [6.45, 7) is 4.62. The Morgan fingerprint density at radius 1 is 1.07 bits per heavy atom. The van der Waals surface area contributed by atoms with Crippen molar-refractivity contribution in [1.29, 1.82) is 0 Å². The normalized spacial score (nSPS) is 17.6. The van der Waals surface area contributed by atoms with Crippen LogP contribution in [0.15, 0.2) is 59.5 Å². The molecule has 0 aliphatic carbocycles. The second kappa shape index (κ2) is 8.87. The van der Waals surface area contributed by atoms with Gasteiger partial charge in [-0.2, -0.15) is 0 Å². The highest BCUT2D eigenvalue weighted by molar-refractivity contribution is 7.89. The van der Waals surface area contributed by atoms with Gasteiger partial charge in [-0.25, -0.2) is 13.1 Å². The van der Waals surface area contributed by atoms with Gasteiger partial charge >= 0.3 is 0 Å². The second-order valence-electron chi connectivity index (χ2n) is 7.17. The van der Waals surface area contributed by atoms with Crippen molar-refractivity contribution in [3.63, 3.8) is 0 Å². The number of likely N-dealkylation sites (tertiary alicyclic amines) is 1. The van der Waals surface area contributed by atoms with Crippen molar-refractivity contribution in [2.45, 2.75) is 30.7 Å². The molecule has 1 atom stereocenters. The van der Waals surface area contributed by atoms with Crippen LogP contribution in [0.1, 0.15) is 31.4 Å². The summed E-state index contributed by atoms with van der Waals surface area (Å²) in [5.74, 6) is 1.37. The van der Waals surface area contributed by atoms with Crippen molar-refractivity contribution in [2.75, 3.05) is 26.7 Å². The number of sulfonamides is 1. The predicted molar refractivity (Wildman–Crippen MR) is 107 cm³/mol. The summed E-state index contributed by atoms with van der Waals surface area (Å²) in [7, 11) is -2.01. The van der Waals surface area contributed by atoms with Crippen LogP contribution in [0.3, 0.4) is 0 Å². The number of ether oxygens (including phenoxy) is 1. The molecule has 27 heavy (non-hydrogen) atoms. The molecule has 1 aliphatic rings. The van der Waals surface area contributed by atoms with E-state index in [0.717, 1.165) is 37.4 Å². The van der Waals surface area contributed by atoms with E-state index in [9.17, 15) is 8.42 Å². The van der Waals surface area contributed by atoms with Crippen LogP contribution in [0.25, 0.3) is 0 Å². The maximum absolute atomic E-state index is 12.7. The minimum absolute atomic E-state index is 0.0340. The van der Waals surface area contributed by atoms with E-state index in [2.05, 4.69) is 28.7 Å². The summed E-state index contributed by atoms with van der Waals surface area (Å²) in [6.07, 6.45) is 2.29. The minimum atomic E-state index is -3.57. The molecule has 0 saturated carbocycles. The Labute approximate surface area is 162 Å². The first kappa shape index (κ1) is 19.9. The molecule has 0 amide bonds. The standard InChI is InChI=1S/C21H28N2O3S/c1-17-12-14-23(15-13-17)21(18-6-4-3-5-7-18)16-22-27(24,25)20-10-8-19(26-2)9-11-20/h3-11,17,21-22H,12-16H2,1-2H3. The Balaban J connectivity index is 1.75. The fraction of sp³-hybridized carbons (Fsp3) is 0.429. The molecule has 1 saturated heterocycles. The van der Waals surface area contributed by atoms with E-state index in [4.69, 9.17) is 4.74 Å². The fourth-order valence-electron chi connectivity index (χ4n) is 3.50.